The van der Waals surface area contributed by atoms with E-state index >= 15 is 0 Å². The molecule has 3 N–H and O–H groups in total. The predicted molar refractivity (Wildman–Crippen MR) is 75.2 cm³/mol. The minimum absolute atomic E-state index is 0.336. The predicted octanol–water partition coefficient (Wildman–Crippen LogP) is 0.601. The number of rotatable bonds is 3. The maximum Gasteiger partial charge on any atom is 0.164 e. The van der Waals surface area contributed by atoms with Crippen LogP contribution < -0.4 is 4.90 Å². The van der Waals surface area contributed by atoms with Crippen molar-refractivity contribution in [3.05, 3.63) is 30.5 Å². The summed E-state index contributed by atoms with van der Waals surface area (Å²) < 4.78 is 0. The topological polar surface area (TPSA) is 62.7 Å². The summed E-state index contributed by atoms with van der Waals surface area (Å²) in [6.45, 7) is 3.88. The van der Waals surface area contributed by atoms with Gasteiger partial charge in [0, 0.05) is 55.5 Å². The van der Waals surface area contributed by atoms with Crippen LogP contribution in [0.5, 0.6) is 0 Å². The Morgan fingerprint density at radius 1 is 1.11 bits per heavy atom. The molecule has 19 heavy (non-hydrogen) atoms. The van der Waals surface area contributed by atoms with Crippen molar-refractivity contribution in [1.29, 1.82) is 0 Å². The summed E-state index contributed by atoms with van der Waals surface area (Å²) in [6.07, 6.45) is 0.728. The lowest BCUT2D eigenvalue weighted by Crippen LogP contribution is -2.48. The fourth-order valence-electron chi connectivity index (χ4n) is 2.75. The number of piperazine rings is 1. The Kier molecular flexibility index (Phi) is 3.42. The lowest BCUT2D eigenvalue weighted by Gasteiger charge is -2.36. The van der Waals surface area contributed by atoms with Crippen molar-refractivity contribution in [2.75, 3.05) is 37.6 Å². The van der Waals surface area contributed by atoms with Gasteiger partial charge in [-0.15, -0.1) is 0 Å². The van der Waals surface area contributed by atoms with Gasteiger partial charge in [-0.2, -0.15) is 0 Å². The molecule has 0 bridgehead atoms. The second-order valence-electron chi connectivity index (χ2n) is 4.98. The summed E-state index contributed by atoms with van der Waals surface area (Å²) >= 11 is 0. The van der Waals surface area contributed by atoms with Gasteiger partial charge in [0.1, 0.15) is 0 Å². The van der Waals surface area contributed by atoms with Crippen LogP contribution in [0.2, 0.25) is 0 Å². The Morgan fingerprint density at radius 2 is 1.89 bits per heavy atom. The highest BCUT2D eigenvalue weighted by Crippen LogP contribution is 2.26. The van der Waals surface area contributed by atoms with Crippen molar-refractivity contribution in [3.63, 3.8) is 0 Å². The van der Waals surface area contributed by atoms with E-state index in [1.165, 1.54) is 11.1 Å². The van der Waals surface area contributed by atoms with Crippen molar-refractivity contribution in [2.45, 2.75) is 6.29 Å². The highest BCUT2D eigenvalue weighted by Gasteiger charge is 2.19. The van der Waals surface area contributed by atoms with E-state index in [1.54, 1.807) is 0 Å². The molecule has 0 spiro atoms. The number of hydrogen-bond donors (Lipinski definition) is 3. The van der Waals surface area contributed by atoms with E-state index < -0.39 is 6.29 Å². The molecule has 5 heteroatoms. The molecule has 0 aliphatic carbocycles. The average molecular weight is 261 g/mol. The number of β-amino-alcohol motifs (C(OH)–C–C–N with tert-alkyl or cyclic N) is 2. The van der Waals surface area contributed by atoms with Crippen LogP contribution >= 0.6 is 0 Å². The van der Waals surface area contributed by atoms with Crippen LogP contribution in [-0.2, 0) is 0 Å². The van der Waals surface area contributed by atoms with Gasteiger partial charge in [0.15, 0.2) is 6.29 Å². The first kappa shape index (κ1) is 12.5. The van der Waals surface area contributed by atoms with Crippen LogP contribution in [-0.4, -0.2) is 59.1 Å². The van der Waals surface area contributed by atoms with E-state index in [4.69, 9.17) is 10.2 Å². The zero-order valence-corrected chi connectivity index (χ0v) is 10.8. The average Bonchev–Trinajstić information content (AvgIpc) is 2.87. The zero-order valence-electron chi connectivity index (χ0n) is 10.8. The maximum absolute atomic E-state index is 9.00. The number of aliphatic hydroxyl groups excluding tert-OH is 1. The molecule has 0 atom stereocenters. The van der Waals surface area contributed by atoms with Crippen LogP contribution in [0.25, 0.3) is 10.9 Å². The van der Waals surface area contributed by atoms with E-state index in [0.717, 1.165) is 31.7 Å². The van der Waals surface area contributed by atoms with Crippen LogP contribution in [0.1, 0.15) is 0 Å². The number of aromatic amines is 1. The Bertz CT molecular complexity index is 544. The summed E-state index contributed by atoms with van der Waals surface area (Å²) in [7, 11) is 0. The van der Waals surface area contributed by atoms with Crippen molar-refractivity contribution < 1.29 is 10.2 Å². The third kappa shape index (κ3) is 2.58. The molecule has 1 aromatic carbocycles. The van der Waals surface area contributed by atoms with E-state index in [-0.39, 0.29) is 0 Å². The molecule has 1 fully saturated rings. The summed E-state index contributed by atoms with van der Waals surface area (Å²) in [4.78, 5) is 7.67. The van der Waals surface area contributed by atoms with Gasteiger partial charge in [0.25, 0.3) is 0 Å². The van der Waals surface area contributed by atoms with Crippen molar-refractivity contribution in [2.24, 2.45) is 0 Å². The molecule has 0 unspecified atom stereocenters. The molecule has 0 amide bonds. The molecule has 5 nitrogen and oxygen atoms in total. The normalized spacial score (nSPS) is 17.5. The number of hydrogen-bond acceptors (Lipinski definition) is 4. The Balaban J connectivity index is 1.73. The molecule has 1 aromatic heterocycles. The Hall–Kier alpha value is -1.56. The molecule has 1 aliphatic heterocycles. The van der Waals surface area contributed by atoms with Gasteiger partial charge in [-0.25, -0.2) is 0 Å². The van der Waals surface area contributed by atoms with Crippen LogP contribution in [0.15, 0.2) is 30.5 Å². The second kappa shape index (κ2) is 5.21. The first-order valence-electron chi connectivity index (χ1n) is 6.63. The first-order chi connectivity index (χ1) is 9.24. The molecule has 0 saturated carbocycles. The van der Waals surface area contributed by atoms with Crippen LogP contribution in [0.3, 0.4) is 0 Å². The van der Waals surface area contributed by atoms with Crippen molar-refractivity contribution in [1.82, 2.24) is 9.88 Å². The van der Waals surface area contributed by atoms with Gasteiger partial charge < -0.3 is 20.1 Å². The molecular formula is C14H19N3O2. The summed E-state index contributed by atoms with van der Waals surface area (Å²) in [5.74, 6) is 0. The number of fused-ring (bicyclic) bond motifs is 1. The summed E-state index contributed by atoms with van der Waals surface area (Å²) in [6, 6.07) is 8.40. The van der Waals surface area contributed by atoms with Crippen molar-refractivity contribution >= 4 is 16.6 Å². The Morgan fingerprint density at radius 3 is 2.63 bits per heavy atom. The van der Waals surface area contributed by atoms with E-state index in [2.05, 4.69) is 39.0 Å². The number of H-pyrrole nitrogens is 1. The maximum atomic E-state index is 9.00. The fourth-order valence-corrected chi connectivity index (χ4v) is 2.75. The second-order valence-corrected chi connectivity index (χ2v) is 4.98. The van der Waals surface area contributed by atoms with Gasteiger partial charge in [0.2, 0.25) is 0 Å². The van der Waals surface area contributed by atoms with Crippen molar-refractivity contribution in [3.8, 4) is 0 Å². The minimum Gasteiger partial charge on any atom is -0.368 e. The quantitative estimate of drug-likeness (QED) is 0.708. The van der Waals surface area contributed by atoms with Gasteiger partial charge in [-0.3, -0.25) is 4.90 Å². The monoisotopic (exact) mass is 261 g/mol. The largest absolute Gasteiger partial charge is 0.368 e. The Labute approximate surface area is 112 Å². The standard InChI is InChI=1S/C14H19N3O2/c18-14(19)10-16-6-8-17(9-7-16)13-3-1-2-12-11(13)4-5-15-12/h1-5,14-15,18-19H,6-10H2. The number of nitrogens with one attached hydrogen (secondary N) is 1. The highest BCUT2D eigenvalue weighted by molar-refractivity contribution is 5.92. The smallest absolute Gasteiger partial charge is 0.164 e. The number of anilines is 1. The van der Waals surface area contributed by atoms with Gasteiger partial charge in [-0.1, -0.05) is 6.07 Å². The minimum atomic E-state index is -1.24. The van der Waals surface area contributed by atoms with Crippen LogP contribution in [0.4, 0.5) is 5.69 Å². The van der Waals surface area contributed by atoms with E-state index in [1.807, 2.05) is 6.20 Å². The molecular weight excluding hydrogens is 242 g/mol. The lowest BCUT2D eigenvalue weighted by molar-refractivity contribution is -0.0618. The van der Waals surface area contributed by atoms with E-state index in [9.17, 15) is 0 Å². The molecule has 1 aliphatic rings. The van der Waals surface area contributed by atoms with Crippen LogP contribution in [0, 0.1) is 0 Å². The van der Waals surface area contributed by atoms with Gasteiger partial charge in [0.05, 0.1) is 0 Å². The van der Waals surface area contributed by atoms with Gasteiger partial charge in [-0.05, 0) is 18.2 Å². The lowest BCUT2D eigenvalue weighted by atomic mass is 10.1. The summed E-state index contributed by atoms with van der Waals surface area (Å²) in [5, 5.41) is 19.2. The fraction of sp³-hybridized carbons (Fsp3) is 0.429. The molecule has 1 saturated heterocycles. The summed E-state index contributed by atoms with van der Waals surface area (Å²) in [5.41, 5.74) is 2.41. The molecule has 2 aromatic rings. The zero-order chi connectivity index (χ0) is 13.2. The number of benzene rings is 1. The van der Waals surface area contributed by atoms with E-state index in [0.29, 0.717) is 6.54 Å². The molecule has 102 valence electrons. The highest BCUT2D eigenvalue weighted by atomic mass is 16.5. The molecule has 2 heterocycles. The third-order valence-electron chi connectivity index (χ3n) is 3.71. The first-order valence-corrected chi connectivity index (χ1v) is 6.63. The molecule has 0 radical (unpaired) electrons. The number of aromatic nitrogens is 1. The number of nitrogens with zero attached hydrogens (tertiary/aromatic N) is 2. The van der Waals surface area contributed by atoms with Gasteiger partial charge >= 0.3 is 0 Å². The SMILES string of the molecule is OC(O)CN1CCN(c2cccc3[nH]ccc23)CC1. The third-order valence-corrected chi connectivity index (χ3v) is 3.71. The molecule has 3 rings (SSSR count). The number of aliphatic hydroxyl groups is 2.